The molecule has 2 aromatic heterocycles. The number of hydrogen-bond acceptors (Lipinski definition) is 3. The van der Waals surface area contributed by atoms with Crippen LogP contribution in [0.4, 0.5) is 0 Å². The van der Waals surface area contributed by atoms with Gasteiger partial charge in [0.25, 0.3) is 5.91 Å². The van der Waals surface area contributed by atoms with Crippen molar-refractivity contribution in [2.45, 2.75) is 26.7 Å². The lowest BCUT2D eigenvalue weighted by atomic mass is 9.88. The molecule has 1 aromatic carbocycles. The van der Waals surface area contributed by atoms with Crippen molar-refractivity contribution in [1.29, 1.82) is 0 Å². The average molecular weight is 456 g/mol. The molecular formula is C24H23Cl2N3O2. The maximum absolute atomic E-state index is 13.2. The summed E-state index contributed by atoms with van der Waals surface area (Å²) in [6.07, 6.45) is 4.78. The van der Waals surface area contributed by atoms with Crippen LogP contribution in [0.1, 0.15) is 44.9 Å². The van der Waals surface area contributed by atoms with E-state index in [4.69, 9.17) is 23.2 Å². The number of Topliss-reactive ketones (excluding diaryl/α,β-unsaturated/α-hetero) is 1. The number of carbonyl (C=O) groups is 2. The molecule has 1 aliphatic rings. The summed E-state index contributed by atoms with van der Waals surface area (Å²) < 4.78 is 2.04. The highest BCUT2D eigenvalue weighted by molar-refractivity contribution is 6.42. The molecule has 5 nitrogen and oxygen atoms in total. The first-order valence-corrected chi connectivity index (χ1v) is 11.0. The molecule has 1 amide bonds. The lowest BCUT2D eigenvalue weighted by molar-refractivity contribution is 0.0649. The van der Waals surface area contributed by atoms with E-state index in [0.29, 0.717) is 47.1 Å². The zero-order valence-corrected chi connectivity index (χ0v) is 19.0. The molecule has 0 aliphatic carbocycles. The van der Waals surface area contributed by atoms with Gasteiger partial charge in [-0.15, -0.1) is 0 Å². The summed E-state index contributed by atoms with van der Waals surface area (Å²) >= 11 is 12.0. The Morgan fingerprint density at radius 1 is 1.03 bits per heavy atom. The van der Waals surface area contributed by atoms with E-state index in [-0.39, 0.29) is 17.6 Å². The largest absolute Gasteiger partial charge is 0.339 e. The van der Waals surface area contributed by atoms with Gasteiger partial charge in [0, 0.05) is 42.2 Å². The molecular weight excluding hydrogens is 433 g/mol. The number of amides is 1. The molecule has 0 bridgehead atoms. The molecule has 0 spiro atoms. The van der Waals surface area contributed by atoms with E-state index in [9.17, 15) is 9.59 Å². The van der Waals surface area contributed by atoms with Crippen LogP contribution < -0.4 is 0 Å². The van der Waals surface area contributed by atoms with Crippen molar-refractivity contribution in [3.8, 4) is 5.69 Å². The number of benzene rings is 1. The molecule has 31 heavy (non-hydrogen) atoms. The second kappa shape index (κ2) is 8.85. The highest BCUT2D eigenvalue weighted by Gasteiger charge is 2.30. The van der Waals surface area contributed by atoms with Gasteiger partial charge in [0.05, 0.1) is 27.5 Å². The minimum atomic E-state index is -0.121. The zero-order chi connectivity index (χ0) is 22.1. The number of ketones is 1. The third kappa shape index (κ3) is 4.25. The van der Waals surface area contributed by atoms with Gasteiger partial charge >= 0.3 is 0 Å². The van der Waals surface area contributed by atoms with E-state index in [1.165, 1.54) is 0 Å². The van der Waals surface area contributed by atoms with Crippen LogP contribution in [0.2, 0.25) is 10.0 Å². The first-order valence-electron chi connectivity index (χ1n) is 10.2. The lowest BCUT2D eigenvalue weighted by Gasteiger charge is -2.31. The molecule has 1 saturated heterocycles. The van der Waals surface area contributed by atoms with E-state index in [1.807, 2.05) is 41.5 Å². The Morgan fingerprint density at radius 2 is 1.77 bits per heavy atom. The predicted octanol–water partition coefficient (Wildman–Crippen LogP) is 5.53. The number of pyridine rings is 1. The molecule has 3 aromatic rings. The van der Waals surface area contributed by atoms with E-state index in [1.54, 1.807) is 30.6 Å². The van der Waals surface area contributed by atoms with Crippen LogP contribution in [-0.2, 0) is 0 Å². The molecule has 0 saturated carbocycles. The summed E-state index contributed by atoms with van der Waals surface area (Å²) in [5.74, 6) is -0.0618. The number of carbonyl (C=O) groups excluding carboxylic acids is 2. The fourth-order valence-electron chi connectivity index (χ4n) is 4.26. The second-order valence-electron chi connectivity index (χ2n) is 7.89. The van der Waals surface area contributed by atoms with Crippen molar-refractivity contribution in [2.75, 3.05) is 13.1 Å². The summed E-state index contributed by atoms with van der Waals surface area (Å²) in [6.45, 7) is 5.03. The summed E-state index contributed by atoms with van der Waals surface area (Å²) in [5.41, 5.74) is 4.07. The van der Waals surface area contributed by atoms with Crippen molar-refractivity contribution < 1.29 is 9.59 Å². The Morgan fingerprint density at radius 3 is 2.42 bits per heavy atom. The van der Waals surface area contributed by atoms with Crippen LogP contribution >= 0.6 is 23.2 Å². The standard InChI is InChI=1S/C24H23Cl2N3O2/c1-15-12-20(16(2)29(15)19-4-3-9-27-14-19)24(31)28-10-7-17(8-11-28)23(30)18-5-6-21(25)22(26)13-18/h3-6,9,12-14,17H,7-8,10-11H2,1-2H3. The smallest absolute Gasteiger partial charge is 0.255 e. The topological polar surface area (TPSA) is 55.2 Å². The molecule has 4 rings (SSSR count). The predicted molar refractivity (Wildman–Crippen MR) is 122 cm³/mol. The Labute approximate surface area is 191 Å². The molecule has 3 heterocycles. The molecule has 1 fully saturated rings. The van der Waals surface area contributed by atoms with Crippen LogP contribution in [0.5, 0.6) is 0 Å². The van der Waals surface area contributed by atoms with Crippen LogP contribution in [0.15, 0.2) is 48.8 Å². The molecule has 0 N–H and O–H groups in total. The third-order valence-corrected chi connectivity index (χ3v) is 6.66. The Hall–Kier alpha value is -2.63. The van der Waals surface area contributed by atoms with Gasteiger partial charge in [-0.05, 0) is 63.1 Å². The fraction of sp³-hybridized carbons (Fsp3) is 0.292. The number of piperidine rings is 1. The Kier molecular flexibility index (Phi) is 6.17. The Bertz CT molecular complexity index is 1130. The van der Waals surface area contributed by atoms with E-state index in [0.717, 1.165) is 17.1 Å². The highest BCUT2D eigenvalue weighted by atomic mass is 35.5. The van der Waals surface area contributed by atoms with Crippen molar-refractivity contribution in [1.82, 2.24) is 14.5 Å². The van der Waals surface area contributed by atoms with Gasteiger partial charge in [0.1, 0.15) is 0 Å². The van der Waals surface area contributed by atoms with Crippen LogP contribution in [0.25, 0.3) is 5.69 Å². The van der Waals surface area contributed by atoms with Gasteiger partial charge < -0.3 is 9.47 Å². The summed E-state index contributed by atoms with van der Waals surface area (Å²) in [5, 5.41) is 0.812. The lowest BCUT2D eigenvalue weighted by Crippen LogP contribution is -2.40. The van der Waals surface area contributed by atoms with Crippen LogP contribution in [0, 0.1) is 19.8 Å². The minimum absolute atomic E-state index is 0.00340. The molecule has 0 radical (unpaired) electrons. The molecule has 7 heteroatoms. The molecule has 160 valence electrons. The number of hydrogen-bond donors (Lipinski definition) is 0. The van der Waals surface area contributed by atoms with Gasteiger partial charge in [0.2, 0.25) is 0 Å². The second-order valence-corrected chi connectivity index (χ2v) is 8.71. The fourth-order valence-corrected chi connectivity index (χ4v) is 4.56. The van der Waals surface area contributed by atoms with Crippen molar-refractivity contribution in [2.24, 2.45) is 5.92 Å². The maximum atomic E-state index is 13.2. The summed E-state index contributed by atoms with van der Waals surface area (Å²) in [7, 11) is 0. The van der Waals surface area contributed by atoms with Crippen LogP contribution in [0.3, 0.4) is 0 Å². The van der Waals surface area contributed by atoms with Crippen molar-refractivity contribution >= 4 is 34.9 Å². The third-order valence-electron chi connectivity index (χ3n) is 5.92. The summed E-state index contributed by atoms with van der Waals surface area (Å²) in [6, 6.07) is 10.8. The quantitative estimate of drug-likeness (QED) is 0.485. The molecule has 0 atom stereocenters. The normalized spacial score (nSPS) is 14.6. The number of rotatable bonds is 4. The molecule has 0 unspecified atom stereocenters. The maximum Gasteiger partial charge on any atom is 0.255 e. The van der Waals surface area contributed by atoms with Crippen LogP contribution in [-0.4, -0.2) is 39.2 Å². The first kappa shape index (κ1) is 21.6. The SMILES string of the molecule is Cc1cc(C(=O)N2CCC(C(=O)c3ccc(Cl)c(Cl)c3)CC2)c(C)n1-c1cccnc1. The number of aromatic nitrogens is 2. The van der Waals surface area contributed by atoms with Gasteiger partial charge in [0.15, 0.2) is 5.78 Å². The van der Waals surface area contributed by atoms with E-state index in [2.05, 4.69) is 4.98 Å². The van der Waals surface area contributed by atoms with Gasteiger partial charge in [-0.1, -0.05) is 23.2 Å². The van der Waals surface area contributed by atoms with Gasteiger partial charge in [-0.25, -0.2) is 0 Å². The van der Waals surface area contributed by atoms with Gasteiger partial charge in [-0.2, -0.15) is 0 Å². The minimum Gasteiger partial charge on any atom is -0.339 e. The number of likely N-dealkylation sites (tertiary alicyclic amines) is 1. The number of nitrogens with zero attached hydrogens (tertiary/aromatic N) is 3. The van der Waals surface area contributed by atoms with Gasteiger partial charge in [-0.3, -0.25) is 14.6 Å². The average Bonchev–Trinajstić information content (AvgIpc) is 3.09. The van der Waals surface area contributed by atoms with E-state index >= 15 is 0 Å². The monoisotopic (exact) mass is 455 g/mol. The highest BCUT2D eigenvalue weighted by Crippen LogP contribution is 2.28. The number of halogens is 2. The number of aryl methyl sites for hydroxylation is 1. The zero-order valence-electron chi connectivity index (χ0n) is 17.4. The summed E-state index contributed by atoms with van der Waals surface area (Å²) in [4.78, 5) is 32.1. The Balaban J connectivity index is 1.46. The van der Waals surface area contributed by atoms with Crippen molar-refractivity contribution in [3.63, 3.8) is 0 Å². The van der Waals surface area contributed by atoms with Crippen molar-refractivity contribution in [3.05, 3.63) is 81.4 Å². The molecule has 1 aliphatic heterocycles. The van der Waals surface area contributed by atoms with E-state index < -0.39 is 0 Å². The first-order chi connectivity index (χ1) is 14.9.